The lowest BCUT2D eigenvalue weighted by Gasteiger charge is -2.14. The summed E-state index contributed by atoms with van der Waals surface area (Å²) in [6.45, 7) is 1.60. The fraction of sp³-hybridized carbons (Fsp3) is 0.182. The summed E-state index contributed by atoms with van der Waals surface area (Å²) in [4.78, 5) is 12.7. The van der Waals surface area contributed by atoms with E-state index in [1.165, 1.54) is 31.7 Å². The minimum absolute atomic E-state index is 0.0222. The summed E-state index contributed by atoms with van der Waals surface area (Å²) in [7, 11) is 1.47. The van der Waals surface area contributed by atoms with Gasteiger partial charge in [-0.1, -0.05) is 0 Å². The third-order valence-electron chi connectivity index (χ3n) is 4.65. The Balaban J connectivity index is 2.05. The summed E-state index contributed by atoms with van der Waals surface area (Å²) in [5, 5.41) is 16.9. The predicted molar refractivity (Wildman–Crippen MR) is 118 cm³/mol. The van der Waals surface area contributed by atoms with Gasteiger partial charge in [-0.2, -0.15) is 28.7 Å². The van der Waals surface area contributed by atoms with Gasteiger partial charge in [-0.3, -0.25) is 15.0 Å². The smallest absolute Gasteiger partial charge is 0.399 e. The second kappa shape index (κ2) is 9.44. The number of rotatable bonds is 5. The van der Waals surface area contributed by atoms with Crippen molar-refractivity contribution in [1.29, 1.82) is 5.26 Å². The van der Waals surface area contributed by atoms with Crippen molar-refractivity contribution in [3.05, 3.63) is 71.2 Å². The van der Waals surface area contributed by atoms with E-state index >= 15 is 0 Å². The summed E-state index contributed by atoms with van der Waals surface area (Å²) in [5.74, 6) is 0.0222. The molecule has 2 heterocycles. The maximum atomic E-state index is 13.2. The number of nitriles is 1. The van der Waals surface area contributed by atoms with Crippen molar-refractivity contribution in [2.45, 2.75) is 19.1 Å². The highest BCUT2D eigenvalue weighted by Crippen LogP contribution is 2.33. The number of alkyl halides is 3. The van der Waals surface area contributed by atoms with Gasteiger partial charge in [-0.05, 0) is 42.8 Å². The number of benzene rings is 1. The van der Waals surface area contributed by atoms with Crippen LogP contribution in [-0.4, -0.2) is 22.9 Å². The lowest BCUT2D eigenvalue weighted by molar-refractivity contribution is -0.137. The molecule has 0 amide bonds. The van der Waals surface area contributed by atoms with E-state index in [2.05, 4.69) is 25.2 Å². The number of anilines is 1. The number of hydrogen-bond acceptors (Lipinski definition) is 7. The number of aliphatic imine (C=N–C) groups is 1. The van der Waals surface area contributed by atoms with Crippen LogP contribution in [0.1, 0.15) is 35.2 Å². The molecule has 11 heteroatoms. The first-order chi connectivity index (χ1) is 15.6. The second-order valence-electron chi connectivity index (χ2n) is 7.04. The van der Waals surface area contributed by atoms with Gasteiger partial charge in [-0.25, -0.2) is 0 Å². The number of amidine groups is 1. The normalized spacial score (nSPS) is 13.2. The molecule has 0 aliphatic heterocycles. The van der Waals surface area contributed by atoms with E-state index in [1.54, 1.807) is 19.1 Å². The third kappa shape index (κ3) is 5.48. The Kier molecular flexibility index (Phi) is 6.67. The molecule has 0 spiro atoms. The van der Waals surface area contributed by atoms with Crippen molar-refractivity contribution in [1.82, 2.24) is 9.97 Å². The van der Waals surface area contributed by atoms with Gasteiger partial charge < -0.3 is 11.5 Å². The first-order valence-electron chi connectivity index (χ1n) is 9.59. The number of nitrogens with zero attached hydrogens (tertiary/aromatic N) is 6. The molecular formula is C22H19F3N8. The molecule has 0 fully saturated rings. The average Bonchev–Trinajstić information content (AvgIpc) is 2.78. The fourth-order valence-electron chi connectivity index (χ4n) is 3.07. The van der Waals surface area contributed by atoms with Gasteiger partial charge in [0.15, 0.2) is 0 Å². The molecule has 1 aromatic carbocycles. The number of pyridine rings is 2. The molecule has 33 heavy (non-hydrogen) atoms. The molecule has 0 radical (unpaired) electrons. The Morgan fingerprint density at radius 3 is 2.55 bits per heavy atom. The molecule has 4 N–H and O–H groups in total. The van der Waals surface area contributed by atoms with E-state index in [4.69, 9.17) is 16.7 Å². The molecule has 0 aliphatic rings. The Hall–Kier alpha value is -4.33. The van der Waals surface area contributed by atoms with Gasteiger partial charge in [-0.15, -0.1) is 0 Å². The van der Waals surface area contributed by atoms with E-state index < -0.39 is 17.8 Å². The minimum Gasteiger partial charge on any atom is -0.399 e. The van der Waals surface area contributed by atoms with E-state index in [0.29, 0.717) is 28.1 Å². The zero-order valence-corrected chi connectivity index (χ0v) is 17.7. The van der Waals surface area contributed by atoms with Crippen LogP contribution in [0.2, 0.25) is 0 Å². The van der Waals surface area contributed by atoms with Gasteiger partial charge in [0, 0.05) is 36.3 Å². The predicted octanol–water partition coefficient (Wildman–Crippen LogP) is 4.80. The molecule has 0 aliphatic carbocycles. The molecule has 0 bridgehead atoms. The monoisotopic (exact) mass is 452 g/mol. The zero-order chi connectivity index (χ0) is 24.2. The zero-order valence-electron chi connectivity index (χ0n) is 17.7. The van der Waals surface area contributed by atoms with Crippen molar-refractivity contribution in [2.75, 3.05) is 12.8 Å². The van der Waals surface area contributed by atoms with Crippen LogP contribution in [0, 0.1) is 11.3 Å². The van der Waals surface area contributed by atoms with Crippen LogP contribution in [0.5, 0.6) is 0 Å². The van der Waals surface area contributed by atoms with E-state index in [0.717, 1.165) is 12.1 Å². The summed E-state index contributed by atoms with van der Waals surface area (Å²) >= 11 is 0. The van der Waals surface area contributed by atoms with Crippen LogP contribution < -0.4 is 11.5 Å². The Morgan fingerprint density at radius 1 is 1.12 bits per heavy atom. The van der Waals surface area contributed by atoms with Gasteiger partial charge in [0.2, 0.25) is 0 Å². The first-order valence-corrected chi connectivity index (χ1v) is 9.59. The van der Waals surface area contributed by atoms with Crippen molar-refractivity contribution in [3.63, 3.8) is 0 Å². The molecule has 168 valence electrons. The SMILES string of the molecule is CN=Nc1cnc(-c2cncc(C#N)c2)cc1C(N)=N[C@H](C)c1cc(N)cc(C(F)(F)F)c1. The van der Waals surface area contributed by atoms with Crippen molar-refractivity contribution in [2.24, 2.45) is 21.0 Å². The highest BCUT2D eigenvalue weighted by atomic mass is 19.4. The van der Waals surface area contributed by atoms with Crippen LogP contribution in [0.25, 0.3) is 11.3 Å². The van der Waals surface area contributed by atoms with Gasteiger partial charge in [0.05, 0.1) is 29.1 Å². The molecule has 0 saturated carbocycles. The number of hydrogen-bond donors (Lipinski definition) is 2. The molecular weight excluding hydrogens is 433 g/mol. The van der Waals surface area contributed by atoms with Crippen LogP contribution in [0.15, 0.2) is 64.1 Å². The maximum absolute atomic E-state index is 13.2. The number of azo groups is 1. The summed E-state index contributed by atoms with van der Waals surface area (Å²) in [5.41, 5.74) is 13.3. The molecule has 2 aromatic heterocycles. The van der Waals surface area contributed by atoms with Crippen molar-refractivity contribution >= 4 is 17.2 Å². The van der Waals surface area contributed by atoms with E-state index in [9.17, 15) is 13.2 Å². The second-order valence-corrected chi connectivity index (χ2v) is 7.04. The molecule has 0 saturated heterocycles. The summed E-state index contributed by atoms with van der Waals surface area (Å²) < 4.78 is 39.5. The Labute approximate surface area is 187 Å². The van der Waals surface area contributed by atoms with Crippen LogP contribution in [0.3, 0.4) is 0 Å². The van der Waals surface area contributed by atoms with E-state index in [-0.39, 0.29) is 17.1 Å². The number of nitrogens with two attached hydrogens (primary N) is 2. The van der Waals surface area contributed by atoms with Gasteiger partial charge in [0.25, 0.3) is 0 Å². The lowest BCUT2D eigenvalue weighted by atomic mass is 10.0. The van der Waals surface area contributed by atoms with E-state index in [1.807, 2.05) is 6.07 Å². The molecule has 3 aromatic rings. The van der Waals surface area contributed by atoms with Crippen LogP contribution >= 0.6 is 0 Å². The number of nitrogen functional groups attached to an aromatic ring is 1. The topological polar surface area (TPSA) is 139 Å². The minimum atomic E-state index is -4.54. The maximum Gasteiger partial charge on any atom is 0.416 e. The highest BCUT2D eigenvalue weighted by molar-refractivity contribution is 6.02. The molecule has 8 nitrogen and oxygen atoms in total. The van der Waals surface area contributed by atoms with Crippen molar-refractivity contribution in [3.8, 4) is 17.3 Å². The first kappa shape index (κ1) is 23.3. The van der Waals surface area contributed by atoms with Crippen LogP contribution in [0.4, 0.5) is 24.5 Å². The van der Waals surface area contributed by atoms with Gasteiger partial charge in [0.1, 0.15) is 17.6 Å². The molecule has 0 unspecified atom stereocenters. The Morgan fingerprint density at radius 2 is 1.88 bits per heavy atom. The third-order valence-corrected chi connectivity index (χ3v) is 4.65. The van der Waals surface area contributed by atoms with Gasteiger partial charge >= 0.3 is 6.18 Å². The quantitative estimate of drug-likeness (QED) is 0.248. The number of halogens is 3. The standard InChI is InChI=1S/C22H19F3N8/c1-12(14-4-16(22(23,24)25)6-17(27)5-14)32-21(28)18-7-19(31-11-20(18)33-29-2)15-3-13(8-26)9-30-10-15/h3-7,9-12H,27H2,1-2H3,(H2,28,32)/t12-/m1/s1. The largest absolute Gasteiger partial charge is 0.416 e. The number of aromatic nitrogens is 2. The molecule has 1 atom stereocenters. The average molecular weight is 452 g/mol. The lowest BCUT2D eigenvalue weighted by Crippen LogP contribution is -2.16. The summed E-state index contributed by atoms with van der Waals surface area (Å²) in [6.07, 6.45) is -0.149. The summed E-state index contributed by atoms with van der Waals surface area (Å²) in [6, 6.07) is 7.76. The van der Waals surface area contributed by atoms with Crippen molar-refractivity contribution < 1.29 is 13.2 Å². The molecule has 3 rings (SSSR count). The van der Waals surface area contributed by atoms with Crippen LogP contribution in [-0.2, 0) is 6.18 Å². The fourth-order valence-corrected chi connectivity index (χ4v) is 3.07. The Bertz CT molecular complexity index is 1280. The highest BCUT2D eigenvalue weighted by Gasteiger charge is 2.31.